The third-order valence-corrected chi connectivity index (χ3v) is 3.71. The number of benzene rings is 1. The average molecular weight is 400 g/mol. The van der Waals surface area contributed by atoms with Crippen LogP contribution in [-0.2, 0) is 6.42 Å². The van der Waals surface area contributed by atoms with E-state index in [9.17, 15) is 13.2 Å². The largest absolute Gasteiger partial charge is 0.389 e. The predicted octanol–water partition coefficient (Wildman–Crippen LogP) is 5.71. The minimum absolute atomic E-state index is 0.0248. The highest BCUT2D eigenvalue weighted by molar-refractivity contribution is 9.10. The average Bonchev–Trinajstić information content (AvgIpc) is 2.37. The highest BCUT2D eigenvalue weighted by Gasteiger charge is 2.27. The Kier molecular flexibility index (Phi) is 5.11. The molecule has 0 unspecified atom stereocenters. The zero-order valence-corrected chi connectivity index (χ0v) is 13.5. The van der Waals surface area contributed by atoms with Crippen molar-refractivity contribution in [3.05, 3.63) is 44.9 Å². The molecule has 1 aromatic carbocycles. The fourth-order valence-electron chi connectivity index (χ4n) is 1.67. The second-order valence-electron chi connectivity index (χ2n) is 4.22. The molecule has 0 amide bonds. The molecular formula is C13H8BrCl2F3N2. The first-order chi connectivity index (χ1) is 9.76. The Bertz CT molecular complexity index is 622. The first-order valence-corrected chi connectivity index (χ1v) is 7.36. The standard InChI is InChI=1S/C13H8BrCl2F3N2/c14-8-3-1-7(2-4-8)10-11(15)20-9(21-12(10)16)5-6-13(17,18)19/h1-4H,5-6H2. The van der Waals surface area contributed by atoms with Crippen molar-refractivity contribution in [2.24, 2.45) is 0 Å². The van der Waals surface area contributed by atoms with Crippen LogP contribution in [0.4, 0.5) is 13.2 Å². The van der Waals surface area contributed by atoms with E-state index in [1.165, 1.54) is 0 Å². The smallest absolute Gasteiger partial charge is 0.220 e. The number of nitrogens with zero attached hydrogens (tertiary/aromatic N) is 2. The van der Waals surface area contributed by atoms with E-state index in [4.69, 9.17) is 23.2 Å². The van der Waals surface area contributed by atoms with Gasteiger partial charge in [0.15, 0.2) is 0 Å². The Balaban J connectivity index is 2.31. The minimum atomic E-state index is -4.27. The van der Waals surface area contributed by atoms with Gasteiger partial charge in [0, 0.05) is 10.9 Å². The minimum Gasteiger partial charge on any atom is -0.220 e. The molecule has 21 heavy (non-hydrogen) atoms. The molecule has 0 fully saturated rings. The normalized spacial score (nSPS) is 11.7. The second-order valence-corrected chi connectivity index (χ2v) is 5.85. The van der Waals surface area contributed by atoms with Gasteiger partial charge in [-0.3, -0.25) is 0 Å². The number of halogens is 6. The van der Waals surface area contributed by atoms with Crippen molar-refractivity contribution >= 4 is 39.1 Å². The highest BCUT2D eigenvalue weighted by Crippen LogP contribution is 2.33. The molecule has 112 valence electrons. The molecule has 0 aliphatic carbocycles. The molecule has 0 aliphatic rings. The lowest BCUT2D eigenvalue weighted by atomic mass is 10.1. The van der Waals surface area contributed by atoms with E-state index in [0.29, 0.717) is 11.1 Å². The van der Waals surface area contributed by atoms with E-state index in [1.54, 1.807) is 24.3 Å². The summed E-state index contributed by atoms with van der Waals surface area (Å²) in [7, 11) is 0. The molecule has 2 nitrogen and oxygen atoms in total. The molecule has 2 aromatic rings. The SMILES string of the molecule is FC(F)(F)CCc1nc(Cl)c(-c2ccc(Br)cc2)c(Cl)n1. The van der Waals surface area contributed by atoms with Crippen molar-refractivity contribution in [3.63, 3.8) is 0 Å². The molecule has 0 N–H and O–H groups in total. The molecule has 0 radical (unpaired) electrons. The Morgan fingerprint density at radius 2 is 1.52 bits per heavy atom. The van der Waals surface area contributed by atoms with Gasteiger partial charge in [-0.2, -0.15) is 13.2 Å². The second kappa shape index (κ2) is 6.50. The van der Waals surface area contributed by atoms with E-state index in [2.05, 4.69) is 25.9 Å². The van der Waals surface area contributed by atoms with Gasteiger partial charge in [0.2, 0.25) is 0 Å². The molecule has 1 heterocycles. The molecule has 1 aromatic heterocycles. The molecule has 0 aliphatic heterocycles. The van der Waals surface area contributed by atoms with Gasteiger partial charge in [-0.15, -0.1) is 0 Å². The summed E-state index contributed by atoms with van der Waals surface area (Å²) in [5.74, 6) is -0.0248. The van der Waals surface area contributed by atoms with E-state index in [1.807, 2.05) is 0 Å². The summed E-state index contributed by atoms with van der Waals surface area (Å²) in [5, 5.41) is 0.0731. The molecule has 8 heteroatoms. The fourth-order valence-corrected chi connectivity index (χ4v) is 2.57. The van der Waals surface area contributed by atoms with Gasteiger partial charge in [-0.05, 0) is 17.7 Å². The maximum absolute atomic E-state index is 12.2. The van der Waals surface area contributed by atoms with Gasteiger partial charge in [-0.25, -0.2) is 9.97 Å². The summed E-state index contributed by atoms with van der Waals surface area (Å²) in [5.41, 5.74) is 1.09. The van der Waals surface area contributed by atoms with Crippen molar-refractivity contribution in [2.75, 3.05) is 0 Å². The first-order valence-electron chi connectivity index (χ1n) is 5.81. The molecule has 2 rings (SSSR count). The topological polar surface area (TPSA) is 25.8 Å². The lowest BCUT2D eigenvalue weighted by Gasteiger charge is -2.09. The number of aromatic nitrogens is 2. The summed E-state index contributed by atoms with van der Waals surface area (Å²) < 4.78 is 37.5. The van der Waals surface area contributed by atoms with Gasteiger partial charge in [-0.1, -0.05) is 51.3 Å². The zero-order chi connectivity index (χ0) is 15.6. The number of aryl methyl sites for hydroxylation is 1. The number of alkyl halides is 3. The van der Waals surface area contributed by atoms with Crippen LogP contribution >= 0.6 is 39.1 Å². The van der Waals surface area contributed by atoms with Crippen LogP contribution < -0.4 is 0 Å². The van der Waals surface area contributed by atoms with E-state index in [-0.39, 0.29) is 22.6 Å². The quantitative estimate of drug-likeness (QED) is 0.618. The third-order valence-electron chi connectivity index (χ3n) is 2.63. The summed E-state index contributed by atoms with van der Waals surface area (Å²) >= 11 is 15.4. The van der Waals surface area contributed by atoms with Gasteiger partial charge < -0.3 is 0 Å². The van der Waals surface area contributed by atoms with E-state index >= 15 is 0 Å². The van der Waals surface area contributed by atoms with Crippen molar-refractivity contribution in [1.82, 2.24) is 9.97 Å². The van der Waals surface area contributed by atoms with Crippen LogP contribution in [0.1, 0.15) is 12.2 Å². The molecule has 0 saturated heterocycles. The Morgan fingerprint density at radius 1 is 1.00 bits per heavy atom. The maximum atomic E-state index is 12.2. The summed E-state index contributed by atoms with van der Waals surface area (Å²) in [6, 6.07) is 7.10. The molecule has 0 spiro atoms. The van der Waals surface area contributed by atoms with Gasteiger partial charge in [0.1, 0.15) is 16.1 Å². The number of hydrogen-bond acceptors (Lipinski definition) is 2. The number of rotatable bonds is 3. The van der Waals surface area contributed by atoms with Gasteiger partial charge >= 0.3 is 6.18 Å². The fraction of sp³-hybridized carbons (Fsp3) is 0.231. The lowest BCUT2D eigenvalue weighted by molar-refractivity contribution is -0.134. The molecule has 0 bridgehead atoms. The Labute approximate surface area is 137 Å². The lowest BCUT2D eigenvalue weighted by Crippen LogP contribution is -2.10. The zero-order valence-electron chi connectivity index (χ0n) is 10.4. The van der Waals surface area contributed by atoms with Crippen LogP contribution in [0.2, 0.25) is 10.3 Å². The van der Waals surface area contributed by atoms with Crippen LogP contribution in [0.3, 0.4) is 0 Å². The first kappa shape index (κ1) is 16.5. The van der Waals surface area contributed by atoms with E-state index in [0.717, 1.165) is 4.47 Å². The predicted molar refractivity (Wildman–Crippen MR) is 79.6 cm³/mol. The highest BCUT2D eigenvalue weighted by atomic mass is 79.9. The molecule has 0 atom stereocenters. The Morgan fingerprint density at radius 3 is 2.00 bits per heavy atom. The van der Waals surface area contributed by atoms with Crippen LogP contribution in [0.15, 0.2) is 28.7 Å². The van der Waals surface area contributed by atoms with Gasteiger partial charge in [0.05, 0.1) is 12.0 Å². The van der Waals surface area contributed by atoms with Crippen molar-refractivity contribution < 1.29 is 13.2 Å². The monoisotopic (exact) mass is 398 g/mol. The van der Waals surface area contributed by atoms with E-state index < -0.39 is 12.6 Å². The Hall–Kier alpha value is -0.850. The van der Waals surface area contributed by atoms with Crippen LogP contribution in [0.5, 0.6) is 0 Å². The van der Waals surface area contributed by atoms with Crippen molar-refractivity contribution in [2.45, 2.75) is 19.0 Å². The van der Waals surface area contributed by atoms with Crippen LogP contribution in [-0.4, -0.2) is 16.1 Å². The summed E-state index contributed by atoms with van der Waals surface area (Å²) in [6.07, 6.45) is -5.65. The third kappa shape index (κ3) is 4.56. The molecular weight excluding hydrogens is 392 g/mol. The summed E-state index contributed by atoms with van der Waals surface area (Å²) in [6.45, 7) is 0. The molecule has 0 saturated carbocycles. The number of hydrogen-bond donors (Lipinski definition) is 0. The summed E-state index contributed by atoms with van der Waals surface area (Å²) in [4.78, 5) is 7.79. The van der Waals surface area contributed by atoms with Crippen LogP contribution in [0, 0.1) is 0 Å². The van der Waals surface area contributed by atoms with Crippen molar-refractivity contribution in [3.8, 4) is 11.1 Å². The van der Waals surface area contributed by atoms with Crippen molar-refractivity contribution in [1.29, 1.82) is 0 Å². The maximum Gasteiger partial charge on any atom is 0.389 e. The van der Waals surface area contributed by atoms with Gasteiger partial charge in [0.25, 0.3) is 0 Å². The van der Waals surface area contributed by atoms with Crippen LogP contribution in [0.25, 0.3) is 11.1 Å².